The van der Waals surface area contributed by atoms with Crippen LogP contribution in [0.15, 0.2) is 46.9 Å². The lowest BCUT2D eigenvalue weighted by Crippen LogP contribution is -2.22. The topological polar surface area (TPSA) is 12.0 Å². The van der Waals surface area contributed by atoms with Crippen molar-refractivity contribution >= 4 is 38.5 Å². The van der Waals surface area contributed by atoms with Crippen molar-refractivity contribution in [3.8, 4) is 0 Å². The van der Waals surface area contributed by atoms with E-state index in [4.69, 9.17) is 0 Å². The zero-order chi connectivity index (χ0) is 15.6. The minimum Gasteiger partial charge on any atom is -0.309 e. The monoisotopic (exact) mass is 469 g/mol. The standard InChI is InChI=1S/C15H12BrF3IN/c1-21-14(11-8-9(20)6-7-13(11)16)10-4-2-3-5-12(10)15(17,18)19/h2-8,14,21H,1H3. The van der Waals surface area contributed by atoms with Crippen molar-refractivity contribution < 1.29 is 13.2 Å². The summed E-state index contributed by atoms with van der Waals surface area (Å²) in [7, 11) is 1.66. The summed E-state index contributed by atoms with van der Waals surface area (Å²) in [5, 5.41) is 2.98. The maximum Gasteiger partial charge on any atom is 0.416 e. The van der Waals surface area contributed by atoms with Crippen molar-refractivity contribution in [2.24, 2.45) is 0 Å². The molecule has 0 aromatic heterocycles. The van der Waals surface area contributed by atoms with Gasteiger partial charge in [-0.05, 0) is 65.0 Å². The molecule has 0 bridgehead atoms. The molecule has 0 heterocycles. The molecule has 0 amide bonds. The molecule has 21 heavy (non-hydrogen) atoms. The smallest absolute Gasteiger partial charge is 0.309 e. The highest BCUT2D eigenvalue weighted by Crippen LogP contribution is 2.38. The van der Waals surface area contributed by atoms with Gasteiger partial charge in [0.1, 0.15) is 0 Å². The molecular formula is C15H12BrF3IN. The van der Waals surface area contributed by atoms with Crippen LogP contribution in [0.2, 0.25) is 0 Å². The molecule has 0 aliphatic carbocycles. The number of alkyl halides is 3. The molecule has 1 atom stereocenters. The summed E-state index contributed by atoms with van der Waals surface area (Å²) in [6.45, 7) is 0. The molecule has 2 aromatic rings. The van der Waals surface area contributed by atoms with Crippen LogP contribution in [0.3, 0.4) is 0 Å². The van der Waals surface area contributed by atoms with E-state index in [1.165, 1.54) is 12.1 Å². The minimum atomic E-state index is -4.37. The lowest BCUT2D eigenvalue weighted by Gasteiger charge is -2.23. The van der Waals surface area contributed by atoms with Gasteiger partial charge in [-0.1, -0.05) is 34.1 Å². The van der Waals surface area contributed by atoms with E-state index in [0.29, 0.717) is 0 Å². The molecule has 0 saturated carbocycles. The molecule has 2 rings (SSSR count). The zero-order valence-electron chi connectivity index (χ0n) is 11.0. The summed E-state index contributed by atoms with van der Waals surface area (Å²) in [5.41, 5.74) is 0.381. The number of nitrogens with one attached hydrogen (secondary N) is 1. The van der Waals surface area contributed by atoms with Crippen molar-refractivity contribution in [1.29, 1.82) is 0 Å². The normalized spacial score (nSPS) is 13.2. The second kappa shape index (κ2) is 6.66. The van der Waals surface area contributed by atoms with Gasteiger partial charge >= 0.3 is 6.18 Å². The van der Waals surface area contributed by atoms with Gasteiger partial charge in [0.15, 0.2) is 0 Å². The van der Waals surface area contributed by atoms with Gasteiger partial charge in [-0.15, -0.1) is 0 Å². The minimum absolute atomic E-state index is 0.218. The third kappa shape index (κ3) is 3.78. The van der Waals surface area contributed by atoms with E-state index >= 15 is 0 Å². The van der Waals surface area contributed by atoms with Gasteiger partial charge in [-0.3, -0.25) is 0 Å². The molecule has 0 fully saturated rings. The molecule has 1 N–H and O–H groups in total. The Labute approximate surface area is 143 Å². The number of rotatable bonds is 3. The first-order chi connectivity index (χ1) is 9.84. The average Bonchev–Trinajstić information content (AvgIpc) is 2.43. The van der Waals surface area contributed by atoms with E-state index in [9.17, 15) is 13.2 Å². The third-order valence-corrected chi connectivity index (χ3v) is 4.53. The molecule has 1 unspecified atom stereocenters. The highest BCUT2D eigenvalue weighted by atomic mass is 127. The SMILES string of the molecule is CNC(c1cc(I)ccc1Br)c1ccccc1C(F)(F)F. The highest BCUT2D eigenvalue weighted by Gasteiger charge is 2.35. The second-order valence-electron chi connectivity index (χ2n) is 4.47. The van der Waals surface area contributed by atoms with Crippen LogP contribution in [0, 0.1) is 3.57 Å². The van der Waals surface area contributed by atoms with Gasteiger partial charge in [0.2, 0.25) is 0 Å². The molecule has 0 aliphatic heterocycles. The van der Waals surface area contributed by atoms with Crippen LogP contribution in [0.5, 0.6) is 0 Å². The Morgan fingerprint density at radius 3 is 2.38 bits per heavy atom. The summed E-state index contributed by atoms with van der Waals surface area (Å²) < 4.78 is 41.3. The van der Waals surface area contributed by atoms with Gasteiger partial charge in [-0.25, -0.2) is 0 Å². The Morgan fingerprint density at radius 1 is 1.10 bits per heavy atom. The summed E-state index contributed by atoms with van der Waals surface area (Å²) in [4.78, 5) is 0. The van der Waals surface area contributed by atoms with Crippen LogP contribution in [0.25, 0.3) is 0 Å². The van der Waals surface area contributed by atoms with E-state index in [1.807, 2.05) is 18.2 Å². The van der Waals surface area contributed by atoms with Crippen LogP contribution < -0.4 is 5.32 Å². The fraction of sp³-hybridized carbons (Fsp3) is 0.200. The molecule has 6 heteroatoms. The first kappa shape index (κ1) is 16.8. The predicted octanol–water partition coefficient (Wildman–Crippen LogP) is 5.38. The van der Waals surface area contributed by atoms with Crippen molar-refractivity contribution in [3.05, 3.63) is 67.2 Å². The fourth-order valence-electron chi connectivity index (χ4n) is 2.22. The van der Waals surface area contributed by atoms with Crippen molar-refractivity contribution in [1.82, 2.24) is 5.32 Å². The molecule has 112 valence electrons. The lowest BCUT2D eigenvalue weighted by atomic mass is 9.94. The van der Waals surface area contributed by atoms with Gasteiger partial charge in [-0.2, -0.15) is 13.2 Å². The Balaban J connectivity index is 2.60. The Kier molecular flexibility index (Phi) is 5.32. The second-order valence-corrected chi connectivity index (χ2v) is 6.57. The molecule has 0 spiro atoms. The van der Waals surface area contributed by atoms with Crippen molar-refractivity contribution in [2.75, 3.05) is 7.05 Å². The summed E-state index contributed by atoms with van der Waals surface area (Å²) in [6, 6.07) is 10.7. The van der Waals surface area contributed by atoms with Crippen LogP contribution in [-0.4, -0.2) is 7.05 Å². The lowest BCUT2D eigenvalue weighted by molar-refractivity contribution is -0.138. The number of benzene rings is 2. The number of hydrogen-bond acceptors (Lipinski definition) is 1. The van der Waals surface area contributed by atoms with Gasteiger partial charge in [0.25, 0.3) is 0 Å². The highest BCUT2D eigenvalue weighted by molar-refractivity contribution is 14.1. The first-order valence-corrected chi connectivity index (χ1v) is 8.00. The van der Waals surface area contributed by atoms with Gasteiger partial charge < -0.3 is 5.32 Å². The molecule has 0 aliphatic rings. The Hall–Kier alpha value is -0.600. The molecule has 1 nitrogen and oxygen atoms in total. The zero-order valence-corrected chi connectivity index (χ0v) is 14.8. The number of hydrogen-bond donors (Lipinski definition) is 1. The Morgan fingerprint density at radius 2 is 1.76 bits per heavy atom. The predicted molar refractivity (Wildman–Crippen MR) is 89.2 cm³/mol. The van der Waals surface area contributed by atoms with Crippen molar-refractivity contribution in [3.63, 3.8) is 0 Å². The van der Waals surface area contributed by atoms with E-state index in [0.717, 1.165) is 19.7 Å². The van der Waals surface area contributed by atoms with Crippen LogP contribution in [0.1, 0.15) is 22.7 Å². The Bertz CT molecular complexity index is 643. The first-order valence-electron chi connectivity index (χ1n) is 6.13. The maximum absolute atomic E-state index is 13.2. The molecular weight excluding hydrogens is 458 g/mol. The van der Waals surface area contributed by atoms with E-state index in [2.05, 4.69) is 43.8 Å². The average molecular weight is 470 g/mol. The summed E-state index contributed by atoms with van der Waals surface area (Å²) in [6.07, 6.45) is -4.37. The molecule has 2 aromatic carbocycles. The fourth-order valence-corrected chi connectivity index (χ4v) is 3.21. The third-order valence-electron chi connectivity index (χ3n) is 3.13. The van der Waals surface area contributed by atoms with Gasteiger partial charge in [0, 0.05) is 8.04 Å². The quantitative estimate of drug-likeness (QED) is 0.595. The maximum atomic E-state index is 13.2. The van der Waals surface area contributed by atoms with Crippen LogP contribution >= 0.6 is 38.5 Å². The van der Waals surface area contributed by atoms with E-state index < -0.39 is 17.8 Å². The van der Waals surface area contributed by atoms with Crippen LogP contribution in [-0.2, 0) is 6.18 Å². The number of halogens is 5. The largest absolute Gasteiger partial charge is 0.416 e. The van der Waals surface area contributed by atoms with E-state index in [1.54, 1.807) is 13.1 Å². The van der Waals surface area contributed by atoms with Gasteiger partial charge in [0.05, 0.1) is 11.6 Å². The summed E-state index contributed by atoms with van der Waals surface area (Å²) >= 11 is 5.56. The van der Waals surface area contributed by atoms with E-state index in [-0.39, 0.29) is 5.56 Å². The summed E-state index contributed by atoms with van der Waals surface area (Å²) in [5.74, 6) is 0. The van der Waals surface area contributed by atoms with Crippen molar-refractivity contribution in [2.45, 2.75) is 12.2 Å². The molecule has 0 saturated heterocycles. The molecule has 0 radical (unpaired) electrons. The van der Waals surface area contributed by atoms with Crippen LogP contribution in [0.4, 0.5) is 13.2 Å².